The molecule has 0 saturated heterocycles. The van der Waals surface area contributed by atoms with E-state index in [1.807, 2.05) is 0 Å². The number of carbonyl (C=O) groups is 2. The highest BCUT2D eigenvalue weighted by Gasteiger charge is 2.08. The van der Waals surface area contributed by atoms with Crippen molar-refractivity contribution in [2.24, 2.45) is 0 Å². The first-order valence-corrected chi connectivity index (χ1v) is 6.16. The van der Waals surface area contributed by atoms with Crippen LogP contribution < -0.4 is 5.32 Å². The van der Waals surface area contributed by atoms with Crippen molar-refractivity contribution in [2.75, 3.05) is 5.32 Å². The Labute approximate surface area is 120 Å². The highest BCUT2D eigenvalue weighted by atomic mass is 35.5. The molecule has 1 heterocycles. The fraction of sp³-hybridized carbons (Fsp3) is 0.0714. The lowest BCUT2D eigenvalue weighted by Crippen LogP contribution is -2.15. The standard InChI is InChI=1S/C14H11ClN2O3/c15-11-3-1-9(2-4-11)7-13(18)17-12-8-10(14(19)20)5-6-16-12/h1-6,8H,7H2,(H,19,20)(H,16,17,18). The minimum Gasteiger partial charge on any atom is -0.478 e. The normalized spacial score (nSPS) is 10.1. The van der Waals surface area contributed by atoms with Crippen LogP contribution in [0.5, 0.6) is 0 Å². The molecule has 6 heteroatoms. The number of pyridine rings is 1. The third kappa shape index (κ3) is 3.80. The van der Waals surface area contributed by atoms with E-state index in [-0.39, 0.29) is 23.7 Å². The molecule has 5 nitrogen and oxygen atoms in total. The number of rotatable bonds is 4. The lowest BCUT2D eigenvalue weighted by atomic mass is 10.1. The van der Waals surface area contributed by atoms with Crippen LogP contribution in [-0.2, 0) is 11.2 Å². The first kappa shape index (κ1) is 14.0. The van der Waals surface area contributed by atoms with Crippen LogP contribution in [0.15, 0.2) is 42.6 Å². The summed E-state index contributed by atoms with van der Waals surface area (Å²) in [4.78, 5) is 26.5. The molecule has 0 atom stereocenters. The van der Waals surface area contributed by atoms with Crippen LogP contribution in [0.25, 0.3) is 0 Å². The van der Waals surface area contributed by atoms with E-state index in [4.69, 9.17) is 16.7 Å². The SMILES string of the molecule is O=C(Cc1ccc(Cl)cc1)Nc1cc(C(=O)O)ccn1. The number of benzene rings is 1. The average molecular weight is 291 g/mol. The maximum Gasteiger partial charge on any atom is 0.335 e. The van der Waals surface area contributed by atoms with Crippen molar-refractivity contribution < 1.29 is 14.7 Å². The molecule has 0 aliphatic rings. The minimum atomic E-state index is -1.07. The second kappa shape index (κ2) is 6.16. The van der Waals surface area contributed by atoms with Gasteiger partial charge < -0.3 is 10.4 Å². The Morgan fingerprint density at radius 1 is 1.20 bits per heavy atom. The van der Waals surface area contributed by atoms with Gasteiger partial charge in [0.25, 0.3) is 0 Å². The predicted octanol–water partition coefficient (Wildman–Crippen LogP) is 2.61. The molecular formula is C14H11ClN2O3. The van der Waals surface area contributed by atoms with E-state index in [1.54, 1.807) is 24.3 Å². The smallest absolute Gasteiger partial charge is 0.335 e. The zero-order chi connectivity index (χ0) is 14.5. The third-order valence-electron chi connectivity index (χ3n) is 2.55. The van der Waals surface area contributed by atoms with E-state index in [2.05, 4.69) is 10.3 Å². The number of aromatic nitrogens is 1. The molecule has 2 rings (SSSR count). The number of carbonyl (C=O) groups excluding carboxylic acids is 1. The fourth-order valence-corrected chi connectivity index (χ4v) is 1.73. The Bertz CT molecular complexity index is 641. The molecule has 1 aromatic carbocycles. The van der Waals surface area contributed by atoms with E-state index >= 15 is 0 Å². The van der Waals surface area contributed by atoms with Crippen molar-refractivity contribution in [1.29, 1.82) is 0 Å². The molecule has 0 aliphatic carbocycles. The quantitative estimate of drug-likeness (QED) is 0.907. The molecule has 0 unspecified atom stereocenters. The molecule has 1 amide bonds. The lowest BCUT2D eigenvalue weighted by Gasteiger charge is -2.05. The average Bonchev–Trinajstić information content (AvgIpc) is 2.41. The second-order valence-electron chi connectivity index (χ2n) is 4.09. The first-order valence-electron chi connectivity index (χ1n) is 5.78. The summed E-state index contributed by atoms with van der Waals surface area (Å²) in [6, 6.07) is 9.58. The van der Waals surface area contributed by atoms with Gasteiger partial charge in [0, 0.05) is 11.2 Å². The van der Waals surface area contributed by atoms with Crippen LogP contribution in [0.1, 0.15) is 15.9 Å². The van der Waals surface area contributed by atoms with Crippen LogP contribution >= 0.6 is 11.6 Å². The minimum absolute atomic E-state index is 0.0711. The Morgan fingerprint density at radius 2 is 1.90 bits per heavy atom. The zero-order valence-corrected chi connectivity index (χ0v) is 11.1. The van der Waals surface area contributed by atoms with E-state index in [0.717, 1.165) is 5.56 Å². The van der Waals surface area contributed by atoms with Gasteiger partial charge in [0.05, 0.1) is 12.0 Å². The highest BCUT2D eigenvalue weighted by molar-refractivity contribution is 6.30. The van der Waals surface area contributed by atoms with Gasteiger partial charge >= 0.3 is 5.97 Å². The van der Waals surface area contributed by atoms with Crippen molar-refractivity contribution in [2.45, 2.75) is 6.42 Å². The van der Waals surface area contributed by atoms with Crippen molar-refractivity contribution in [3.63, 3.8) is 0 Å². The number of nitrogens with one attached hydrogen (secondary N) is 1. The topological polar surface area (TPSA) is 79.3 Å². The molecule has 20 heavy (non-hydrogen) atoms. The van der Waals surface area contributed by atoms with Gasteiger partial charge in [-0.2, -0.15) is 0 Å². The van der Waals surface area contributed by atoms with Crippen molar-refractivity contribution in [3.8, 4) is 0 Å². The fourth-order valence-electron chi connectivity index (χ4n) is 1.61. The van der Waals surface area contributed by atoms with Crippen molar-refractivity contribution in [1.82, 2.24) is 4.98 Å². The number of hydrogen-bond donors (Lipinski definition) is 2. The summed E-state index contributed by atoms with van der Waals surface area (Å²) in [6.07, 6.45) is 1.50. The molecule has 0 saturated carbocycles. The number of amides is 1. The first-order chi connectivity index (χ1) is 9.54. The van der Waals surface area contributed by atoms with Crippen LogP contribution in [0.4, 0.5) is 5.82 Å². The van der Waals surface area contributed by atoms with Gasteiger partial charge in [-0.25, -0.2) is 9.78 Å². The van der Waals surface area contributed by atoms with Crippen molar-refractivity contribution >= 4 is 29.3 Å². The molecule has 0 aliphatic heterocycles. The largest absolute Gasteiger partial charge is 0.478 e. The monoisotopic (exact) mass is 290 g/mol. The Kier molecular flexibility index (Phi) is 4.32. The van der Waals surface area contributed by atoms with E-state index in [9.17, 15) is 9.59 Å². The number of carboxylic acid groups (broad SMARTS) is 1. The third-order valence-corrected chi connectivity index (χ3v) is 2.80. The van der Waals surface area contributed by atoms with Gasteiger partial charge in [-0.3, -0.25) is 4.79 Å². The van der Waals surface area contributed by atoms with Crippen LogP contribution in [0, 0.1) is 0 Å². The number of halogens is 1. The highest BCUT2D eigenvalue weighted by Crippen LogP contribution is 2.11. The van der Waals surface area contributed by atoms with Crippen LogP contribution in [0.3, 0.4) is 0 Å². The summed E-state index contributed by atoms with van der Waals surface area (Å²) in [5.41, 5.74) is 0.878. The summed E-state index contributed by atoms with van der Waals surface area (Å²) in [5, 5.41) is 12.0. The van der Waals surface area contributed by atoms with E-state index < -0.39 is 5.97 Å². The van der Waals surface area contributed by atoms with Crippen molar-refractivity contribution in [3.05, 3.63) is 58.7 Å². The van der Waals surface area contributed by atoms with Crippen LogP contribution in [0.2, 0.25) is 5.02 Å². The van der Waals surface area contributed by atoms with Gasteiger partial charge in [-0.05, 0) is 29.8 Å². The summed E-state index contributed by atoms with van der Waals surface area (Å²) in [5.74, 6) is -1.13. The molecule has 0 spiro atoms. The molecule has 2 N–H and O–H groups in total. The summed E-state index contributed by atoms with van der Waals surface area (Å²) < 4.78 is 0. The van der Waals surface area contributed by atoms with Gasteiger partial charge in [0.15, 0.2) is 0 Å². The maximum absolute atomic E-state index is 11.8. The molecule has 0 fully saturated rings. The number of anilines is 1. The molecule has 1 aromatic heterocycles. The van der Waals surface area contributed by atoms with E-state index in [1.165, 1.54) is 18.3 Å². The Morgan fingerprint density at radius 3 is 2.55 bits per heavy atom. The van der Waals surface area contributed by atoms with Gasteiger partial charge in [0.1, 0.15) is 5.82 Å². The van der Waals surface area contributed by atoms with Gasteiger partial charge in [-0.1, -0.05) is 23.7 Å². The summed E-state index contributed by atoms with van der Waals surface area (Å²) in [7, 11) is 0. The maximum atomic E-state index is 11.8. The summed E-state index contributed by atoms with van der Waals surface area (Å²) >= 11 is 5.76. The predicted molar refractivity (Wildman–Crippen MR) is 75.0 cm³/mol. The van der Waals surface area contributed by atoms with Crippen LogP contribution in [-0.4, -0.2) is 22.0 Å². The van der Waals surface area contributed by atoms with Gasteiger partial charge in [0.2, 0.25) is 5.91 Å². The molecule has 0 bridgehead atoms. The Balaban J connectivity index is 2.02. The number of carboxylic acids is 1. The second-order valence-corrected chi connectivity index (χ2v) is 4.52. The van der Waals surface area contributed by atoms with Gasteiger partial charge in [-0.15, -0.1) is 0 Å². The summed E-state index contributed by atoms with van der Waals surface area (Å²) in [6.45, 7) is 0. The molecule has 102 valence electrons. The lowest BCUT2D eigenvalue weighted by molar-refractivity contribution is -0.115. The van der Waals surface area contributed by atoms with E-state index in [0.29, 0.717) is 5.02 Å². The number of aromatic carboxylic acids is 1. The zero-order valence-electron chi connectivity index (χ0n) is 10.3. The number of nitrogens with zero attached hydrogens (tertiary/aromatic N) is 1. The number of hydrogen-bond acceptors (Lipinski definition) is 3. The Hall–Kier alpha value is -2.40. The molecule has 2 aromatic rings. The molecule has 0 radical (unpaired) electrons. The molecular weight excluding hydrogens is 280 g/mol.